The first kappa shape index (κ1) is 21.5. The monoisotopic (exact) mass is 409 g/mol. The minimum absolute atomic E-state index is 0.0748. The summed E-state index contributed by atoms with van der Waals surface area (Å²) in [6.07, 6.45) is 0.810. The molecule has 0 unspecified atom stereocenters. The minimum Gasteiger partial charge on any atom is -0.506 e. The Labute approximate surface area is 178 Å². The summed E-state index contributed by atoms with van der Waals surface area (Å²) >= 11 is 0. The second-order valence-electron chi connectivity index (χ2n) is 7.22. The fourth-order valence-corrected chi connectivity index (χ4v) is 3.51. The number of nitrogens with zero attached hydrogens (tertiary/aromatic N) is 3. The van der Waals surface area contributed by atoms with Gasteiger partial charge in [0.05, 0.1) is 5.69 Å². The lowest BCUT2D eigenvalue weighted by Crippen LogP contribution is -2.52. The van der Waals surface area contributed by atoms with Crippen molar-refractivity contribution in [1.29, 1.82) is 0 Å². The van der Waals surface area contributed by atoms with Gasteiger partial charge in [-0.3, -0.25) is 4.79 Å². The molecule has 1 saturated heterocycles. The largest absolute Gasteiger partial charge is 0.506 e. The molecular formula is C23H31N5O2. The molecule has 0 radical (unpaired) electrons. The van der Waals surface area contributed by atoms with E-state index in [1.54, 1.807) is 6.07 Å². The van der Waals surface area contributed by atoms with Crippen LogP contribution in [0.5, 0.6) is 5.75 Å². The molecule has 0 aromatic heterocycles. The molecule has 7 heteroatoms. The Morgan fingerprint density at radius 3 is 2.40 bits per heavy atom. The number of carbonyl (C=O) groups excluding carboxylic acids is 1. The molecule has 0 bridgehead atoms. The number of anilines is 1. The maximum atomic E-state index is 12.2. The number of hydrogen-bond acceptors (Lipinski definition) is 4. The Balaban J connectivity index is 1.48. The maximum absolute atomic E-state index is 12.2. The lowest BCUT2D eigenvalue weighted by molar-refractivity contribution is -0.119. The highest BCUT2D eigenvalue weighted by atomic mass is 16.3. The molecule has 3 N–H and O–H groups in total. The number of hydrogen-bond donors (Lipinski definition) is 3. The molecule has 1 fully saturated rings. The van der Waals surface area contributed by atoms with E-state index in [0.29, 0.717) is 12.3 Å². The number of phenolic OH excluding ortho intramolecular Hbond substituents is 1. The minimum atomic E-state index is -0.0748. The Bertz CT molecular complexity index is 832. The van der Waals surface area contributed by atoms with E-state index in [-0.39, 0.29) is 12.5 Å². The van der Waals surface area contributed by atoms with Crippen molar-refractivity contribution in [2.24, 2.45) is 4.99 Å². The number of guanidine groups is 1. The number of aromatic hydroxyl groups is 1. The molecule has 7 nitrogen and oxygen atoms in total. The lowest BCUT2D eigenvalue weighted by Gasteiger charge is -2.37. The molecule has 3 rings (SSSR count). The molecule has 1 aliphatic heterocycles. The van der Waals surface area contributed by atoms with E-state index in [1.807, 2.05) is 43.3 Å². The Morgan fingerprint density at radius 2 is 1.70 bits per heavy atom. The molecule has 2 aromatic rings. The van der Waals surface area contributed by atoms with E-state index in [1.165, 1.54) is 5.56 Å². The summed E-state index contributed by atoms with van der Waals surface area (Å²) in [4.78, 5) is 21.1. The molecule has 0 spiro atoms. The third-order valence-corrected chi connectivity index (χ3v) is 5.09. The van der Waals surface area contributed by atoms with Crippen molar-refractivity contribution in [2.45, 2.75) is 13.3 Å². The summed E-state index contributed by atoms with van der Waals surface area (Å²) in [6.45, 7) is 6.59. The van der Waals surface area contributed by atoms with E-state index in [4.69, 9.17) is 0 Å². The van der Waals surface area contributed by atoms with Crippen LogP contribution in [-0.2, 0) is 11.2 Å². The lowest BCUT2D eigenvalue weighted by atomic mass is 10.1. The number of piperazine rings is 1. The number of phenols is 1. The molecule has 160 valence electrons. The van der Waals surface area contributed by atoms with Gasteiger partial charge < -0.3 is 25.5 Å². The summed E-state index contributed by atoms with van der Waals surface area (Å²) in [5.74, 6) is 0.987. The Kier molecular flexibility index (Phi) is 7.94. The number of aliphatic imine (C=N–C) groups is 1. The standard InChI is InChI=1S/C23H31N5O2/c1-2-24-23(26-18-22(30)25-13-12-19-8-4-3-5-9-19)28-16-14-27(15-17-28)20-10-6-7-11-21(20)29/h3-11,29H,2,12-18H2,1H3,(H,24,26)(H,25,30). The summed E-state index contributed by atoms with van der Waals surface area (Å²) < 4.78 is 0. The van der Waals surface area contributed by atoms with E-state index in [9.17, 15) is 9.90 Å². The summed E-state index contributed by atoms with van der Waals surface area (Å²) in [5, 5.41) is 16.3. The van der Waals surface area contributed by atoms with Crippen LogP contribution in [0.2, 0.25) is 0 Å². The van der Waals surface area contributed by atoms with Gasteiger partial charge in [-0.15, -0.1) is 0 Å². The highest BCUT2D eigenvalue weighted by Crippen LogP contribution is 2.27. The third-order valence-electron chi connectivity index (χ3n) is 5.09. The predicted octanol–water partition coefficient (Wildman–Crippen LogP) is 1.84. The van der Waals surface area contributed by atoms with Crippen LogP contribution in [0.25, 0.3) is 0 Å². The molecule has 2 aromatic carbocycles. The Hall–Kier alpha value is -3.22. The van der Waals surface area contributed by atoms with Gasteiger partial charge in [-0.2, -0.15) is 0 Å². The van der Waals surface area contributed by atoms with Crippen molar-refractivity contribution in [3.63, 3.8) is 0 Å². The summed E-state index contributed by atoms with van der Waals surface area (Å²) in [6, 6.07) is 17.5. The van der Waals surface area contributed by atoms with Crippen LogP contribution in [0, 0.1) is 0 Å². The van der Waals surface area contributed by atoms with Crippen LogP contribution < -0.4 is 15.5 Å². The van der Waals surface area contributed by atoms with Crippen LogP contribution in [0.1, 0.15) is 12.5 Å². The fraction of sp³-hybridized carbons (Fsp3) is 0.391. The van der Waals surface area contributed by atoms with Crippen molar-refractivity contribution in [2.75, 3.05) is 50.7 Å². The molecule has 1 amide bonds. The predicted molar refractivity (Wildman–Crippen MR) is 121 cm³/mol. The van der Waals surface area contributed by atoms with Gasteiger partial charge >= 0.3 is 0 Å². The van der Waals surface area contributed by atoms with Gasteiger partial charge in [0.25, 0.3) is 0 Å². The smallest absolute Gasteiger partial charge is 0.241 e. The first-order valence-electron chi connectivity index (χ1n) is 10.5. The van der Waals surface area contributed by atoms with Gasteiger partial charge in [-0.05, 0) is 31.0 Å². The quantitative estimate of drug-likeness (QED) is 0.480. The zero-order valence-corrected chi connectivity index (χ0v) is 17.6. The van der Waals surface area contributed by atoms with Gasteiger partial charge in [0.1, 0.15) is 12.3 Å². The van der Waals surface area contributed by atoms with Crippen molar-refractivity contribution in [3.05, 3.63) is 60.2 Å². The molecule has 1 aliphatic rings. The van der Waals surface area contributed by atoms with Gasteiger partial charge in [0, 0.05) is 39.3 Å². The van der Waals surface area contributed by atoms with E-state index >= 15 is 0 Å². The number of nitrogens with one attached hydrogen (secondary N) is 2. The van der Waals surface area contributed by atoms with Crippen molar-refractivity contribution >= 4 is 17.6 Å². The van der Waals surface area contributed by atoms with Crippen LogP contribution in [0.15, 0.2) is 59.6 Å². The molecule has 0 saturated carbocycles. The average molecular weight is 410 g/mol. The zero-order chi connectivity index (χ0) is 21.2. The zero-order valence-electron chi connectivity index (χ0n) is 17.6. The topological polar surface area (TPSA) is 80.2 Å². The summed E-state index contributed by atoms with van der Waals surface area (Å²) in [7, 11) is 0. The fourth-order valence-electron chi connectivity index (χ4n) is 3.51. The van der Waals surface area contributed by atoms with Crippen molar-refractivity contribution in [1.82, 2.24) is 15.5 Å². The molecule has 30 heavy (non-hydrogen) atoms. The first-order chi connectivity index (χ1) is 14.7. The average Bonchev–Trinajstić information content (AvgIpc) is 2.78. The normalized spacial score (nSPS) is 14.5. The number of rotatable bonds is 7. The van der Waals surface area contributed by atoms with Crippen LogP contribution in [0.3, 0.4) is 0 Å². The van der Waals surface area contributed by atoms with Crippen molar-refractivity contribution in [3.8, 4) is 5.75 Å². The number of para-hydroxylation sites is 2. The van der Waals surface area contributed by atoms with Crippen LogP contribution >= 0.6 is 0 Å². The van der Waals surface area contributed by atoms with Crippen LogP contribution in [0.4, 0.5) is 5.69 Å². The Morgan fingerprint density at radius 1 is 1.00 bits per heavy atom. The SMILES string of the molecule is CCNC(=NCC(=O)NCCc1ccccc1)N1CCN(c2ccccc2O)CC1. The van der Waals surface area contributed by atoms with Crippen LogP contribution in [-0.4, -0.2) is 67.7 Å². The number of amides is 1. The maximum Gasteiger partial charge on any atom is 0.241 e. The second-order valence-corrected chi connectivity index (χ2v) is 7.22. The van der Waals surface area contributed by atoms with Crippen molar-refractivity contribution < 1.29 is 9.90 Å². The number of carbonyl (C=O) groups is 1. The van der Waals surface area contributed by atoms with E-state index < -0.39 is 0 Å². The molecular weight excluding hydrogens is 378 g/mol. The van der Waals surface area contributed by atoms with Gasteiger partial charge in [0.2, 0.25) is 5.91 Å². The molecule has 0 aliphatic carbocycles. The van der Waals surface area contributed by atoms with E-state index in [0.717, 1.165) is 50.8 Å². The van der Waals surface area contributed by atoms with Gasteiger partial charge in [-0.25, -0.2) is 4.99 Å². The second kappa shape index (κ2) is 11.1. The first-order valence-corrected chi connectivity index (χ1v) is 10.5. The number of benzene rings is 2. The van der Waals surface area contributed by atoms with Gasteiger partial charge in [0.15, 0.2) is 5.96 Å². The molecule has 1 heterocycles. The van der Waals surface area contributed by atoms with Gasteiger partial charge in [-0.1, -0.05) is 42.5 Å². The summed E-state index contributed by atoms with van der Waals surface area (Å²) in [5.41, 5.74) is 2.06. The third kappa shape index (κ3) is 6.14. The highest BCUT2D eigenvalue weighted by Gasteiger charge is 2.21. The highest BCUT2D eigenvalue weighted by molar-refractivity contribution is 5.85. The molecule has 0 atom stereocenters. The van der Waals surface area contributed by atoms with E-state index in [2.05, 4.69) is 37.6 Å².